The van der Waals surface area contributed by atoms with E-state index < -0.39 is 11.5 Å². The van der Waals surface area contributed by atoms with Crippen molar-refractivity contribution in [3.63, 3.8) is 0 Å². The summed E-state index contributed by atoms with van der Waals surface area (Å²) in [5.74, 6) is -0.286. The molecule has 112 valence electrons. The predicted octanol–water partition coefficient (Wildman–Crippen LogP) is 2.70. The molecule has 0 saturated carbocycles. The molecule has 1 atom stereocenters. The molecule has 0 aromatic heterocycles. The Hall–Kier alpha value is -0.900. The Kier molecular flexibility index (Phi) is 6.70. The molecule has 0 amide bonds. The number of Topliss-reactive ketones (excluding diaryl/α,β-unsaturated/α-hetero) is 1. The fourth-order valence-corrected chi connectivity index (χ4v) is 1.69. The van der Waals surface area contributed by atoms with Crippen molar-refractivity contribution in [2.24, 2.45) is 5.41 Å². The molecule has 0 aromatic carbocycles. The average Bonchev–Trinajstić information content (AvgIpc) is 2.26. The highest BCUT2D eigenvalue weighted by Crippen LogP contribution is 2.21. The van der Waals surface area contributed by atoms with Crippen molar-refractivity contribution in [1.82, 2.24) is 5.32 Å². The molecule has 1 N–H and O–H groups in total. The topological polar surface area (TPSA) is 55.4 Å². The van der Waals surface area contributed by atoms with Crippen LogP contribution in [0, 0.1) is 5.41 Å². The van der Waals surface area contributed by atoms with Crippen LogP contribution in [0.3, 0.4) is 0 Å². The van der Waals surface area contributed by atoms with E-state index >= 15 is 0 Å². The first-order chi connectivity index (χ1) is 8.53. The zero-order valence-electron chi connectivity index (χ0n) is 13.4. The Labute approximate surface area is 117 Å². The summed E-state index contributed by atoms with van der Waals surface area (Å²) in [4.78, 5) is 24.1. The highest BCUT2D eigenvalue weighted by Gasteiger charge is 2.34. The van der Waals surface area contributed by atoms with Gasteiger partial charge in [0.2, 0.25) is 0 Å². The SMILES string of the molecule is CCOC(=O)CC(NC(C)(C)CC)C(=O)C(C)(C)C. The number of ketones is 1. The maximum atomic E-state index is 12.4. The lowest BCUT2D eigenvalue weighted by molar-refractivity contribution is -0.146. The van der Waals surface area contributed by atoms with E-state index in [4.69, 9.17) is 4.74 Å². The van der Waals surface area contributed by atoms with E-state index in [-0.39, 0.29) is 23.7 Å². The van der Waals surface area contributed by atoms with Gasteiger partial charge in [-0.1, -0.05) is 27.7 Å². The van der Waals surface area contributed by atoms with Crippen molar-refractivity contribution in [2.45, 2.75) is 72.9 Å². The molecule has 19 heavy (non-hydrogen) atoms. The highest BCUT2D eigenvalue weighted by molar-refractivity contribution is 5.92. The molecule has 0 aliphatic carbocycles. The van der Waals surface area contributed by atoms with E-state index in [0.29, 0.717) is 6.61 Å². The molecule has 0 saturated heterocycles. The molecule has 0 spiro atoms. The number of carbonyl (C=O) groups excluding carboxylic acids is 2. The molecule has 0 heterocycles. The molecule has 0 aromatic rings. The summed E-state index contributed by atoms with van der Waals surface area (Å²) in [5.41, 5.74) is -0.661. The Morgan fingerprint density at radius 1 is 1.11 bits per heavy atom. The minimum atomic E-state index is -0.492. The monoisotopic (exact) mass is 271 g/mol. The lowest BCUT2D eigenvalue weighted by Gasteiger charge is -2.33. The van der Waals surface area contributed by atoms with Crippen molar-refractivity contribution in [3.05, 3.63) is 0 Å². The minimum Gasteiger partial charge on any atom is -0.466 e. The van der Waals surface area contributed by atoms with E-state index in [2.05, 4.69) is 12.2 Å². The van der Waals surface area contributed by atoms with E-state index in [9.17, 15) is 9.59 Å². The maximum absolute atomic E-state index is 12.4. The number of nitrogens with one attached hydrogen (secondary N) is 1. The molecule has 0 aliphatic rings. The van der Waals surface area contributed by atoms with Crippen LogP contribution >= 0.6 is 0 Å². The van der Waals surface area contributed by atoms with Crippen LogP contribution in [-0.4, -0.2) is 29.9 Å². The predicted molar refractivity (Wildman–Crippen MR) is 77.0 cm³/mol. The zero-order chi connectivity index (χ0) is 15.3. The van der Waals surface area contributed by atoms with Crippen LogP contribution in [0.25, 0.3) is 0 Å². The van der Waals surface area contributed by atoms with Crippen molar-refractivity contribution < 1.29 is 14.3 Å². The first-order valence-electron chi connectivity index (χ1n) is 7.01. The summed E-state index contributed by atoms with van der Waals surface area (Å²) in [6.45, 7) is 13.8. The average molecular weight is 271 g/mol. The summed E-state index contributed by atoms with van der Waals surface area (Å²) in [5, 5.41) is 3.29. The van der Waals surface area contributed by atoms with E-state index in [1.54, 1.807) is 6.92 Å². The van der Waals surface area contributed by atoms with E-state index in [1.807, 2.05) is 34.6 Å². The van der Waals surface area contributed by atoms with Gasteiger partial charge in [0.05, 0.1) is 19.1 Å². The van der Waals surface area contributed by atoms with Crippen LogP contribution in [0.5, 0.6) is 0 Å². The number of carbonyl (C=O) groups is 2. The summed E-state index contributed by atoms with van der Waals surface area (Å²) in [7, 11) is 0. The fourth-order valence-electron chi connectivity index (χ4n) is 1.69. The molecule has 4 nitrogen and oxygen atoms in total. The van der Waals surface area contributed by atoms with Gasteiger partial charge in [0.1, 0.15) is 0 Å². The van der Waals surface area contributed by atoms with Crippen LogP contribution in [0.2, 0.25) is 0 Å². The number of esters is 1. The van der Waals surface area contributed by atoms with E-state index in [1.165, 1.54) is 0 Å². The third-order valence-electron chi connectivity index (χ3n) is 3.18. The van der Waals surface area contributed by atoms with Crippen LogP contribution in [0.1, 0.15) is 61.3 Å². The van der Waals surface area contributed by atoms with Gasteiger partial charge in [-0.05, 0) is 27.2 Å². The van der Waals surface area contributed by atoms with Gasteiger partial charge in [-0.2, -0.15) is 0 Å². The van der Waals surface area contributed by atoms with Crippen molar-refractivity contribution in [1.29, 1.82) is 0 Å². The second-order valence-corrected chi connectivity index (χ2v) is 6.56. The second kappa shape index (κ2) is 7.04. The summed E-state index contributed by atoms with van der Waals surface area (Å²) < 4.78 is 4.95. The van der Waals surface area contributed by atoms with Crippen molar-refractivity contribution in [2.75, 3.05) is 6.61 Å². The second-order valence-electron chi connectivity index (χ2n) is 6.56. The van der Waals surface area contributed by atoms with Gasteiger partial charge >= 0.3 is 5.97 Å². The summed E-state index contributed by atoms with van der Waals surface area (Å²) in [6.07, 6.45) is 0.969. The lowest BCUT2D eigenvalue weighted by Crippen LogP contribution is -2.52. The molecule has 0 bridgehead atoms. The first-order valence-corrected chi connectivity index (χ1v) is 7.01. The molecule has 0 radical (unpaired) electrons. The zero-order valence-corrected chi connectivity index (χ0v) is 13.4. The Bertz CT molecular complexity index is 316. The number of hydrogen-bond donors (Lipinski definition) is 1. The third-order valence-corrected chi connectivity index (χ3v) is 3.18. The maximum Gasteiger partial charge on any atom is 0.307 e. The van der Waals surface area contributed by atoms with Gasteiger partial charge in [-0.25, -0.2) is 0 Å². The molecule has 0 aliphatic heterocycles. The van der Waals surface area contributed by atoms with Gasteiger partial charge in [0.25, 0.3) is 0 Å². The van der Waals surface area contributed by atoms with Gasteiger partial charge in [-0.3, -0.25) is 9.59 Å². The largest absolute Gasteiger partial charge is 0.466 e. The Balaban J connectivity index is 4.94. The number of ether oxygens (including phenoxy) is 1. The first kappa shape index (κ1) is 18.1. The van der Waals surface area contributed by atoms with Crippen LogP contribution in [-0.2, 0) is 14.3 Å². The lowest BCUT2D eigenvalue weighted by atomic mass is 9.84. The van der Waals surface area contributed by atoms with Crippen molar-refractivity contribution in [3.8, 4) is 0 Å². The number of rotatable bonds is 7. The minimum absolute atomic E-state index is 0.0436. The summed E-state index contributed by atoms with van der Waals surface area (Å²) >= 11 is 0. The van der Waals surface area contributed by atoms with Crippen molar-refractivity contribution >= 4 is 11.8 Å². The smallest absolute Gasteiger partial charge is 0.307 e. The van der Waals surface area contributed by atoms with Gasteiger partial charge < -0.3 is 10.1 Å². The van der Waals surface area contributed by atoms with Crippen LogP contribution < -0.4 is 5.32 Å². The molecule has 0 fully saturated rings. The third kappa shape index (κ3) is 6.71. The van der Waals surface area contributed by atoms with Crippen LogP contribution in [0.4, 0.5) is 0 Å². The summed E-state index contributed by atoms with van der Waals surface area (Å²) in [6, 6.07) is -0.492. The molecule has 1 unspecified atom stereocenters. The molecular formula is C15H29NO3. The Morgan fingerprint density at radius 2 is 1.63 bits per heavy atom. The normalized spacial score (nSPS) is 14.1. The molecule has 0 rings (SSSR count). The molecular weight excluding hydrogens is 242 g/mol. The van der Waals surface area contributed by atoms with Gasteiger partial charge in [0.15, 0.2) is 5.78 Å². The van der Waals surface area contributed by atoms with E-state index in [0.717, 1.165) is 6.42 Å². The van der Waals surface area contributed by atoms with Crippen LogP contribution in [0.15, 0.2) is 0 Å². The van der Waals surface area contributed by atoms with Gasteiger partial charge in [-0.15, -0.1) is 0 Å². The quantitative estimate of drug-likeness (QED) is 0.723. The highest BCUT2D eigenvalue weighted by atomic mass is 16.5. The Morgan fingerprint density at radius 3 is 2.00 bits per heavy atom. The standard InChI is InChI=1S/C15H29NO3/c1-8-15(6,7)16-11(10-12(17)19-9-2)13(18)14(3,4)5/h11,16H,8-10H2,1-7H3. The molecule has 4 heteroatoms. The fraction of sp³-hybridized carbons (Fsp3) is 0.867. The number of hydrogen-bond acceptors (Lipinski definition) is 4. The van der Waals surface area contributed by atoms with Gasteiger partial charge in [0, 0.05) is 11.0 Å².